The van der Waals surface area contributed by atoms with E-state index in [1.165, 1.54) is 0 Å². The molecule has 0 spiro atoms. The highest BCUT2D eigenvalue weighted by molar-refractivity contribution is 7.99. The van der Waals surface area contributed by atoms with E-state index in [1.807, 2.05) is 39.0 Å². The quantitative estimate of drug-likeness (QED) is 0.549. The number of carbonyl (C=O) groups excluding carboxylic acids is 1. The third-order valence-electron chi connectivity index (χ3n) is 2.38. The monoisotopic (exact) mass is 266 g/mol. The normalized spacial score (nSPS) is 10.7. The third-order valence-corrected chi connectivity index (χ3v) is 3.54. The summed E-state index contributed by atoms with van der Waals surface area (Å²) in [4.78, 5) is 12.2. The number of ketones is 1. The minimum absolute atomic E-state index is 0.0857. The lowest BCUT2D eigenvalue weighted by Gasteiger charge is -2.14. The molecule has 0 fully saturated rings. The van der Waals surface area contributed by atoms with Gasteiger partial charge in [-0.15, -0.1) is 0 Å². The zero-order valence-corrected chi connectivity index (χ0v) is 12.5. The van der Waals surface area contributed by atoms with Crippen LogP contribution in [0.1, 0.15) is 43.1 Å². The molecule has 0 aliphatic heterocycles. The molecule has 1 aromatic carbocycles. The Kier molecular flexibility index (Phi) is 6.27. The van der Waals surface area contributed by atoms with Gasteiger partial charge in [0.05, 0.1) is 17.4 Å². The molecule has 0 bridgehead atoms. The topological polar surface area (TPSA) is 26.3 Å². The maximum Gasteiger partial charge on any atom is 0.176 e. The zero-order valence-electron chi connectivity index (χ0n) is 11.7. The van der Waals surface area contributed by atoms with Crippen molar-refractivity contribution in [3.63, 3.8) is 0 Å². The lowest BCUT2D eigenvalue weighted by Crippen LogP contribution is -2.11. The van der Waals surface area contributed by atoms with Crippen LogP contribution >= 0.6 is 11.8 Å². The van der Waals surface area contributed by atoms with Gasteiger partial charge in [0.2, 0.25) is 0 Å². The number of hydrogen-bond donors (Lipinski definition) is 0. The Morgan fingerprint density at radius 3 is 2.72 bits per heavy atom. The van der Waals surface area contributed by atoms with E-state index in [0.29, 0.717) is 17.1 Å². The first-order chi connectivity index (χ1) is 8.54. The van der Waals surface area contributed by atoms with Crippen LogP contribution in [-0.2, 0) is 0 Å². The highest BCUT2D eigenvalue weighted by Crippen LogP contribution is 2.23. The summed E-state index contributed by atoms with van der Waals surface area (Å²) in [6.07, 6.45) is 1.18. The number of rotatable bonds is 7. The van der Waals surface area contributed by atoms with Gasteiger partial charge in [-0.3, -0.25) is 4.79 Å². The molecule has 1 rings (SSSR count). The first-order valence-corrected chi connectivity index (χ1v) is 7.58. The van der Waals surface area contributed by atoms with Gasteiger partial charge in [-0.25, -0.2) is 0 Å². The average Bonchev–Trinajstić information content (AvgIpc) is 2.31. The summed E-state index contributed by atoms with van der Waals surface area (Å²) >= 11 is 1.68. The second-order valence-corrected chi connectivity index (χ2v) is 5.75. The maximum atomic E-state index is 12.2. The molecular formula is C15H22O2S. The van der Waals surface area contributed by atoms with Crippen LogP contribution < -0.4 is 4.74 Å². The van der Waals surface area contributed by atoms with E-state index in [9.17, 15) is 4.79 Å². The zero-order chi connectivity index (χ0) is 13.5. The van der Waals surface area contributed by atoms with E-state index in [-0.39, 0.29) is 11.9 Å². The SMILES string of the molecule is CCCSCC(=O)c1cc(C)ccc1OC(C)C. The number of aryl methyl sites for hydroxylation is 1. The number of benzene rings is 1. The average molecular weight is 266 g/mol. The number of ether oxygens (including phenoxy) is 1. The Morgan fingerprint density at radius 2 is 2.11 bits per heavy atom. The second kappa shape index (κ2) is 7.47. The molecule has 0 radical (unpaired) electrons. The molecule has 0 aromatic heterocycles. The van der Waals surface area contributed by atoms with Gasteiger partial charge in [0.15, 0.2) is 5.78 Å². The smallest absolute Gasteiger partial charge is 0.176 e. The van der Waals surface area contributed by atoms with Gasteiger partial charge in [0.25, 0.3) is 0 Å². The summed E-state index contributed by atoms with van der Waals surface area (Å²) in [5.41, 5.74) is 1.81. The van der Waals surface area contributed by atoms with Crippen molar-refractivity contribution < 1.29 is 9.53 Å². The van der Waals surface area contributed by atoms with Gasteiger partial charge in [0, 0.05) is 0 Å². The summed E-state index contributed by atoms with van der Waals surface area (Å²) in [5.74, 6) is 2.43. The molecule has 100 valence electrons. The van der Waals surface area contributed by atoms with Crippen molar-refractivity contribution in [3.8, 4) is 5.75 Å². The predicted molar refractivity (Wildman–Crippen MR) is 78.9 cm³/mol. The largest absolute Gasteiger partial charge is 0.490 e. The van der Waals surface area contributed by atoms with E-state index in [4.69, 9.17) is 4.74 Å². The Labute approximate surface area is 114 Å². The van der Waals surface area contributed by atoms with Crippen LogP contribution in [0.3, 0.4) is 0 Å². The van der Waals surface area contributed by atoms with Gasteiger partial charge in [-0.05, 0) is 45.1 Å². The lowest BCUT2D eigenvalue weighted by atomic mass is 10.1. The molecule has 1 aromatic rings. The second-order valence-electron chi connectivity index (χ2n) is 4.64. The molecule has 0 aliphatic rings. The number of Topliss-reactive ketones (excluding diaryl/α,β-unsaturated/α-hetero) is 1. The van der Waals surface area contributed by atoms with Crippen molar-refractivity contribution in [2.75, 3.05) is 11.5 Å². The summed E-state index contributed by atoms with van der Waals surface area (Å²) in [6.45, 7) is 8.06. The minimum atomic E-state index is 0.0857. The van der Waals surface area contributed by atoms with E-state index >= 15 is 0 Å². The Morgan fingerprint density at radius 1 is 1.39 bits per heavy atom. The van der Waals surface area contributed by atoms with Crippen LogP contribution in [-0.4, -0.2) is 23.4 Å². The fourth-order valence-corrected chi connectivity index (χ4v) is 2.38. The lowest BCUT2D eigenvalue weighted by molar-refractivity contribution is 0.101. The van der Waals surface area contributed by atoms with Crippen LogP contribution in [0, 0.1) is 6.92 Å². The number of thioether (sulfide) groups is 1. The first-order valence-electron chi connectivity index (χ1n) is 6.42. The molecule has 0 aliphatic carbocycles. The number of carbonyl (C=O) groups is 1. The highest BCUT2D eigenvalue weighted by Gasteiger charge is 2.13. The summed E-state index contributed by atoms with van der Waals surface area (Å²) in [7, 11) is 0. The fourth-order valence-electron chi connectivity index (χ4n) is 1.61. The molecule has 0 saturated carbocycles. The van der Waals surface area contributed by atoms with Gasteiger partial charge >= 0.3 is 0 Å². The van der Waals surface area contributed by atoms with Crippen molar-refractivity contribution in [2.24, 2.45) is 0 Å². The van der Waals surface area contributed by atoms with Crippen molar-refractivity contribution in [2.45, 2.75) is 40.2 Å². The molecule has 0 saturated heterocycles. The van der Waals surface area contributed by atoms with Gasteiger partial charge in [-0.1, -0.05) is 18.6 Å². The predicted octanol–water partition coefficient (Wildman–Crippen LogP) is 4.11. The van der Waals surface area contributed by atoms with E-state index in [2.05, 4.69) is 6.92 Å². The van der Waals surface area contributed by atoms with Gasteiger partial charge in [0.1, 0.15) is 5.75 Å². The maximum absolute atomic E-state index is 12.2. The minimum Gasteiger partial charge on any atom is -0.490 e. The van der Waals surface area contributed by atoms with Crippen LogP contribution in [0.5, 0.6) is 5.75 Å². The molecule has 0 unspecified atom stereocenters. The van der Waals surface area contributed by atoms with Crippen molar-refractivity contribution in [1.82, 2.24) is 0 Å². The molecule has 0 N–H and O–H groups in total. The molecular weight excluding hydrogens is 244 g/mol. The van der Waals surface area contributed by atoms with Crippen molar-refractivity contribution in [1.29, 1.82) is 0 Å². The molecule has 0 atom stereocenters. The van der Waals surface area contributed by atoms with E-state index in [1.54, 1.807) is 11.8 Å². The summed E-state index contributed by atoms with van der Waals surface area (Å²) in [5, 5.41) is 0. The Hall–Kier alpha value is -0.960. The van der Waals surface area contributed by atoms with Gasteiger partial charge in [-0.2, -0.15) is 11.8 Å². The summed E-state index contributed by atoms with van der Waals surface area (Å²) in [6, 6.07) is 5.80. The van der Waals surface area contributed by atoms with E-state index in [0.717, 1.165) is 17.7 Å². The molecule has 0 heterocycles. The van der Waals surface area contributed by atoms with Crippen LogP contribution in [0.4, 0.5) is 0 Å². The standard InChI is InChI=1S/C15H22O2S/c1-5-8-18-10-14(16)13-9-12(4)6-7-15(13)17-11(2)3/h6-7,9,11H,5,8,10H2,1-4H3. The molecule has 3 heteroatoms. The van der Waals surface area contributed by atoms with Crippen LogP contribution in [0.25, 0.3) is 0 Å². The first kappa shape index (κ1) is 15.1. The third kappa shape index (κ3) is 4.73. The fraction of sp³-hybridized carbons (Fsp3) is 0.533. The Balaban J connectivity index is 2.83. The summed E-state index contributed by atoms with van der Waals surface area (Å²) < 4.78 is 5.70. The molecule has 0 amide bonds. The molecule has 2 nitrogen and oxygen atoms in total. The van der Waals surface area contributed by atoms with Crippen LogP contribution in [0.15, 0.2) is 18.2 Å². The van der Waals surface area contributed by atoms with Crippen molar-refractivity contribution >= 4 is 17.5 Å². The molecule has 18 heavy (non-hydrogen) atoms. The Bertz CT molecular complexity index is 399. The van der Waals surface area contributed by atoms with E-state index < -0.39 is 0 Å². The van der Waals surface area contributed by atoms with Gasteiger partial charge < -0.3 is 4.74 Å². The highest BCUT2D eigenvalue weighted by atomic mass is 32.2. The number of hydrogen-bond acceptors (Lipinski definition) is 3. The van der Waals surface area contributed by atoms with Crippen LogP contribution in [0.2, 0.25) is 0 Å². The van der Waals surface area contributed by atoms with Crippen molar-refractivity contribution in [3.05, 3.63) is 29.3 Å².